The van der Waals surface area contributed by atoms with Gasteiger partial charge in [0.05, 0.1) is 24.7 Å². The third-order valence-corrected chi connectivity index (χ3v) is 6.18. The summed E-state index contributed by atoms with van der Waals surface area (Å²) in [5.41, 5.74) is 0.929. The molecule has 0 aromatic heterocycles. The fraction of sp³-hybridized carbons (Fsp3) is 0.350. The molecule has 0 saturated carbocycles. The SMILES string of the molecule is CCOc1ccccc1C(=O)OCc1cccc(S(=O)(=O)N2CCOCC2)c1. The van der Waals surface area contributed by atoms with Crippen LogP contribution in [-0.4, -0.2) is 51.6 Å². The van der Waals surface area contributed by atoms with Crippen LogP contribution in [0.4, 0.5) is 0 Å². The fourth-order valence-corrected chi connectivity index (χ4v) is 4.35. The maximum atomic E-state index is 12.8. The zero-order valence-corrected chi connectivity index (χ0v) is 16.5. The van der Waals surface area contributed by atoms with Crippen LogP contribution in [0, 0.1) is 0 Å². The van der Waals surface area contributed by atoms with Crippen molar-refractivity contribution in [2.45, 2.75) is 18.4 Å². The van der Waals surface area contributed by atoms with Gasteiger partial charge in [-0.25, -0.2) is 13.2 Å². The average Bonchev–Trinajstić information content (AvgIpc) is 2.73. The predicted molar refractivity (Wildman–Crippen MR) is 103 cm³/mol. The van der Waals surface area contributed by atoms with Crippen molar-refractivity contribution in [3.8, 4) is 5.75 Å². The van der Waals surface area contributed by atoms with Crippen LogP contribution in [0.3, 0.4) is 0 Å². The van der Waals surface area contributed by atoms with Crippen LogP contribution in [0.1, 0.15) is 22.8 Å². The van der Waals surface area contributed by atoms with Gasteiger partial charge < -0.3 is 14.2 Å². The highest BCUT2D eigenvalue weighted by Gasteiger charge is 2.26. The number of benzene rings is 2. The highest BCUT2D eigenvalue weighted by Crippen LogP contribution is 2.21. The van der Waals surface area contributed by atoms with Crippen LogP contribution in [0.15, 0.2) is 53.4 Å². The Morgan fingerprint density at radius 2 is 1.86 bits per heavy atom. The molecule has 1 heterocycles. The van der Waals surface area contributed by atoms with Gasteiger partial charge in [0, 0.05) is 13.1 Å². The molecule has 1 fully saturated rings. The first-order valence-electron chi connectivity index (χ1n) is 9.08. The Morgan fingerprint density at radius 1 is 1.11 bits per heavy atom. The lowest BCUT2D eigenvalue weighted by atomic mass is 10.2. The zero-order chi connectivity index (χ0) is 20.0. The van der Waals surface area contributed by atoms with E-state index in [9.17, 15) is 13.2 Å². The normalized spacial score (nSPS) is 15.2. The molecule has 0 unspecified atom stereocenters. The molecule has 7 nitrogen and oxygen atoms in total. The number of rotatable bonds is 7. The first kappa shape index (κ1) is 20.3. The van der Waals surface area contributed by atoms with Crippen LogP contribution in [0.25, 0.3) is 0 Å². The van der Waals surface area contributed by atoms with Gasteiger partial charge in [-0.2, -0.15) is 4.31 Å². The number of hydrogen-bond acceptors (Lipinski definition) is 6. The summed E-state index contributed by atoms with van der Waals surface area (Å²) < 4.78 is 43.0. The summed E-state index contributed by atoms with van der Waals surface area (Å²) in [6.45, 7) is 3.66. The average molecular weight is 405 g/mol. The molecule has 28 heavy (non-hydrogen) atoms. The Balaban J connectivity index is 1.71. The lowest BCUT2D eigenvalue weighted by Gasteiger charge is -2.26. The second-order valence-electron chi connectivity index (χ2n) is 6.17. The van der Waals surface area contributed by atoms with Gasteiger partial charge in [0.25, 0.3) is 0 Å². The van der Waals surface area contributed by atoms with Gasteiger partial charge in [-0.05, 0) is 36.8 Å². The maximum absolute atomic E-state index is 12.8. The molecule has 0 bridgehead atoms. The van der Waals surface area contributed by atoms with Gasteiger partial charge in [-0.3, -0.25) is 0 Å². The number of ether oxygens (including phenoxy) is 3. The topological polar surface area (TPSA) is 82.1 Å². The second kappa shape index (κ2) is 9.18. The van der Waals surface area contributed by atoms with E-state index in [1.165, 1.54) is 10.4 Å². The van der Waals surface area contributed by atoms with Crippen LogP contribution in [-0.2, 0) is 26.1 Å². The fourth-order valence-electron chi connectivity index (χ4n) is 2.88. The van der Waals surface area contributed by atoms with Crippen molar-refractivity contribution in [3.05, 3.63) is 59.7 Å². The van der Waals surface area contributed by atoms with E-state index < -0.39 is 16.0 Å². The standard InChI is InChI=1S/C20H23NO6S/c1-2-26-19-9-4-3-8-18(19)20(22)27-15-16-6-5-7-17(14-16)28(23,24)21-10-12-25-13-11-21/h3-9,14H,2,10-13,15H2,1H3. The summed E-state index contributed by atoms with van der Waals surface area (Å²) in [4.78, 5) is 12.6. The van der Waals surface area contributed by atoms with Crippen LogP contribution < -0.4 is 4.74 Å². The highest BCUT2D eigenvalue weighted by molar-refractivity contribution is 7.89. The number of carbonyl (C=O) groups excluding carboxylic acids is 1. The molecule has 3 rings (SSSR count). The van der Waals surface area contributed by atoms with E-state index >= 15 is 0 Å². The quantitative estimate of drug-likeness (QED) is 0.658. The molecule has 0 radical (unpaired) electrons. The third kappa shape index (κ3) is 4.70. The van der Waals surface area contributed by atoms with Gasteiger partial charge in [0.15, 0.2) is 0 Å². The molecule has 2 aromatic rings. The molecule has 0 atom stereocenters. The van der Waals surface area contributed by atoms with E-state index in [1.807, 2.05) is 6.92 Å². The molecule has 2 aromatic carbocycles. The molecular formula is C20H23NO6S. The minimum Gasteiger partial charge on any atom is -0.493 e. The van der Waals surface area contributed by atoms with Crippen LogP contribution in [0.2, 0.25) is 0 Å². The first-order valence-corrected chi connectivity index (χ1v) is 10.5. The van der Waals surface area contributed by atoms with Crippen molar-refractivity contribution in [2.24, 2.45) is 0 Å². The number of nitrogens with zero attached hydrogens (tertiary/aromatic N) is 1. The van der Waals surface area contributed by atoms with E-state index in [0.29, 0.717) is 49.8 Å². The molecule has 1 saturated heterocycles. The Hall–Kier alpha value is -2.42. The highest BCUT2D eigenvalue weighted by atomic mass is 32.2. The van der Waals surface area contributed by atoms with E-state index in [-0.39, 0.29) is 11.5 Å². The minimum absolute atomic E-state index is 0.0359. The van der Waals surface area contributed by atoms with Gasteiger partial charge in [-0.1, -0.05) is 24.3 Å². The predicted octanol–water partition coefficient (Wildman–Crippen LogP) is 2.46. The summed E-state index contributed by atoms with van der Waals surface area (Å²) in [5.74, 6) is -0.0656. The Bertz CT molecular complexity index is 922. The monoisotopic (exact) mass is 405 g/mol. The first-order chi connectivity index (χ1) is 13.5. The van der Waals surface area contributed by atoms with Gasteiger partial charge >= 0.3 is 5.97 Å². The summed E-state index contributed by atoms with van der Waals surface area (Å²) >= 11 is 0. The molecule has 1 aliphatic rings. The van der Waals surface area contributed by atoms with Crippen molar-refractivity contribution in [1.29, 1.82) is 0 Å². The molecule has 0 spiro atoms. The summed E-state index contributed by atoms with van der Waals surface area (Å²) in [6.07, 6.45) is 0. The Morgan fingerprint density at radius 3 is 2.61 bits per heavy atom. The van der Waals surface area contributed by atoms with Crippen molar-refractivity contribution >= 4 is 16.0 Å². The number of para-hydroxylation sites is 1. The Labute approximate surface area is 164 Å². The van der Waals surface area contributed by atoms with E-state index in [2.05, 4.69) is 0 Å². The molecule has 1 aliphatic heterocycles. The lowest BCUT2D eigenvalue weighted by molar-refractivity contribution is 0.0468. The summed E-state index contributed by atoms with van der Waals surface area (Å²) in [7, 11) is -3.60. The number of carbonyl (C=O) groups is 1. The van der Waals surface area contributed by atoms with Crippen molar-refractivity contribution in [2.75, 3.05) is 32.9 Å². The minimum atomic E-state index is -3.60. The maximum Gasteiger partial charge on any atom is 0.342 e. The largest absolute Gasteiger partial charge is 0.493 e. The van der Waals surface area contributed by atoms with Crippen LogP contribution >= 0.6 is 0 Å². The van der Waals surface area contributed by atoms with E-state index in [1.54, 1.807) is 42.5 Å². The molecule has 0 N–H and O–H groups in total. The molecule has 8 heteroatoms. The smallest absolute Gasteiger partial charge is 0.342 e. The summed E-state index contributed by atoms with van der Waals surface area (Å²) in [6, 6.07) is 13.3. The van der Waals surface area contributed by atoms with Crippen molar-refractivity contribution < 1.29 is 27.4 Å². The Kier molecular flexibility index (Phi) is 6.66. The van der Waals surface area contributed by atoms with Gasteiger partial charge in [0.1, 0.15) is 17.9 Å². The zero-order valence-electron chi connectivity index (χ0n) is 15.7. The van der Waals surface area contributed by atoms with Gasteiger partial charge in [-0.15, -0.1) is 0 Å². The number of morpholine rings is 1. The lowest BCUT2D eigenvalue weighted by Crippen LogP contribution is -2.40. The van der Waals surface area contributed by atoms with E-state index in [4.69, 9.17) is 14.2 Å². The van der Waals surface area contributed by atoms with Crippen molar-refractivity contribution in [1.82, 2.24) is 4.31 Å². The summed E-state index contributed by atoms with van der Waals surface area (Å²) in [5, 5.41) is 0. The number of esters is 1. The van der Waals surface area contributed by atoms with Gasteiger partial charge in [0.2, 0.25) is 10.0 Å². The van der Waals surface area contributed by atoms with Crippen molar-refractivity contribution in [3.63, 3.8) is 0 Å². The third-order valence-electron chi connectivity index (χ3n) is 4.28. The molecule has 150 valence electrons. The number of hydrogen-bond donors (Lipinski definition) is 0. The molecular weight excluding hydrogens is 382 g/mol. The van der Waals surface area contributed by atoms with E-state index in [0.717, 1.165) is 0 Å². The number of sulfonamides is 1. The molecule has 0 aliphatic carbocycles. The van der Waals surface area contributed by atoms with Crippen LogP contribution in [0.5, 0.6) is 5.75 Å². The second-order valence-corrected chi connectivity index (χ2v) is 8.11. The molecule has 0 amide bonds.